The lowest BCUT2D eigenvalue weighted by Crippen LogP contribution is -2.20. The van der Waals surface area contributed by atoms with Crippen molar-refractivity contribution in [2.75, 3.05) is 6.61 Å². The molecule has 0 fully saturated rings. The summed E-state index contributed by atoms with van der Waals surface area (Å²) in [6.07, 6.45) is 1.48. The van der Waals surface area contributed by atoms with E-state index in [1.54, 1.807) is 29.7 Å². The molecule has 0 aliphatic heterocycles. The van der Waals surface area contributed by atoms with Gasteiger partial charge in [-0.25, -0.2) is 4.39 Å². The number of benzene rings is 2. The fourth-order valence-electron chi connectivity index (χ4n) is 2.82. The van der Waals surface area contributed by atoms with Crippen LogP contribution in [0, 0.1) is 5.82 Å². The topological polar surface area (TPSA) is 57.0 Å². The zero-order valence-electron chi connectivity index (χ0n) is 15.8. The first-order chi connectivity index (χ1) is 13.7. The molecular weight excluding hydrogens is 377 g/mol. The van der Waals surface area contributed by atoms with Gasteiger partial charge in [-0.3, -0.25) is 9.36 Å². The maximum Gasteiger partial charge on any atom is 0.319 e. The van der Waals surface area contributed by atoms with Crippen molar-refractivity contribution in [2.45, 2.75) is 37.1 Å². The molecule has 0 N–H and O–H groups in total. The second-order valence-electron chi connectivity index (χ2n) is 6.10. The normalized spacial score (nSPS) is 12.0. The molecule has 0 bridgehead atoms. The van der Waals surface area contributed by atoms with Crippen LogP contribution in [-0.2, 0) is 9.53 Å². The van der Waals surface area contributed by atoms with Crippen molar-refractivity contribution in [3.05, 3.63) is 60.4 Å². The lowest BCUT2D eigenvalue weighted by atomic mass is 10.2. The van der Waals surface area contributed by atoms with Gasteiger partial charge in [-0.2, -0.15) is 0 Å². The molecule has 146 valence electrons. The van der Waals surface area contributed by atoms with Crippen LogP contribution in [0.4, 0.5) is 4.39 Å². The number of carbonyl (C=O) groups excluding carboxylic acids is 1. The Hall–Kier alpha value is -2.67. The van der Waals surface area contributed by atoms with E-state index in [4.69, 9.17) is 4.74 Å². The van der Waals surface area contributed by atoms with E-state index in [-0.39, 0.29) is 11.8 Å². The van der Waals surface area contributed by atoms with E-state index in [0.29, 0.717) is 29.6 Å². The average molecular weight is 399 g/mol. The molecule has 0 saturated carbocycles. The average Bonchev–Trinajstić information content (AvgIpc) is 3.12. The van der Waals surface area contributed by atoms with Gasteiger partial charge in [-0.15, -0.1) is 10.2 Å². The zero-order chi connectivity index (χ0) is 19.9. The highest BCUT2D eigenvalue weighted by atomic mass is 32.2. The van der Waals surface area contributed by atoms with E-state index < -0.39 is 5.25 Å². The summed E-state index contributed by atoms with van der Waals surface area (Å²) in [7, 11) is 0. The molecule has 0 amide bonds. The lowest BCUT2D eigenvalue weighted by molar-refractivity contribution is -0.142. The smallest absolute Gasteiger partial charge is 0.319 e. The summed E-state index contributed by atoms with van der Waals surface area (Å²) in [5.74, 6) is -0.255. The van der Waals surface area contributed by atoms with Crippen molar-refractivity contribution >= 4 is 17.7 Å². The molecule has 0 aliphatic rings. The number of thioether (sulfide) groups is 1. The highest BCUT2D eigenvalue weighted by Crippen LogP contribution is 2.32. The van der Waals surface area contributed by atoms with Crippen molar-refractivity contribution in [2.24, 2.45) is 0 Å². The standard InChI is InChI=1S/C21H22FN3O2S/c1-3-10-18(20(26)27-4-2)28-21-24-23-19(16-13-8-9-14-17(16)22)25(21)15-11-6-5-7-12-15/h5-9,11-14,18H,3-4,10H2,1-2H3. The number of esters is 1. The van der Waals surface area contributed by atoms with Crippen molar-refractivity contribution in [3.63, 3.8) is 0 Å². The van der Waals surface area contributed by atoms with Crippen LogP contribution in [0.3, 0.4) is 0 Å². The van der Waals surface area contributed by atoms with Crippen LogP contribution in [0.15, 0.2) is 59.8 Å². The lowest BCUT2D eigenvalue weighted by Gasteiger charge is -2.15. The largest absolute Gasteiger partial charge is 0.465 e. The Kier molecular flexibility index (Phi) is 6.81. The van der Waals surface area contributed by atoms with E-state index in [0.717, 1.165) is 12.1 Å². The summed E-state index contributed by atoms with van der Waals surface area (Å²) < 4.78 is 21.4. The number of para-hydroxylation sites is 1. The van der Waals surface area contributed by atoms with E-state index in [2.05, 4.69) is 10.2 Å². The monoisotopic (exact) mass is 399 g/mol. The number of ether oxygens (including phenoxy) is 1. The Labute approximate surface area is 167 Å². The molecular formula is C21H22FN3O2S. The highest BCUT2D eigenvalue weighted by Gasteiger charge is 2.26. The SMILES string of the molecule is CCCC(Sc1nnc(-c2ccccc2F)n1-c1ccccc1)C(=O)OCC. The maximum atomic E-state index is 14.4. The van der Waals surface area contributed by atoms with Crippen LogP contribution in [0.25, 0.3) is 17.1 Å². The molecule has 1 atom stereocenters. The maximum absolute atomic E-state index is 14.4. The third-order valence-electron chi connectivity index (χ3n) is 4.11. The van der Waals surface area contributed by atoms with Gasteiger partial charge in [0.15, 0.2) is 11.0 Å². The van der Waals surface area contributed by atoms with Crippen molar-refractivity contribution in [3.8, 4) is 17.1 Å². The van der Waals surface area contributed by atoms with Gasteiger partial charge < -0.3 is 4.74 Å². The predicted octanol–water partition coefficient (Wildman–Crippen LogP) is 4.90. The fraction of sp³-hybridized carbons (Fsp3) is 0.286. The molecule has 0 radical (unpaired) electrons. The van der Waals surface area contributed by atoms with Gasteiger partial charge >= 0.3 is 5.97 Å². The minimum atomic E-state index is -0.398. The van der Waals surface area contributed by atoms with Crippen LogP contribution >= 0.6 is 11.8 Å². The summed E-state index contributed by atoms with van der Waals surface area (Å²) in [5.41, 5.74) is 1.15. The number of aromatic nitrogens is 3. The van der Waals surface area contributed by atoms with Crippen molar-refractivity contribution in [1.82, 2.24) is 14.8 Å². The first-order valence-corrected chi connectivity index (χ1v) is 10.1. The summed E-state index contributed by atoms with van der Waals surface area (Å²) in [4.78, 5) is 12.4. The zero-order valence-corrected chi connectivity index (χ0v) is 16.7. The van der Waals surface area contributed by atoms with E-state index in [9.17, 15) is 9.18 Å². The molecule has 2 aromatic carbocycles. The molecule has 1 heterocycles. The van der Waals surface area contributed by atoms with Crippen LogP contribution < -0.4 is 0 Å². The molecule has 3 rings (SSSR count). The Morgan fingerprint density at radius 1 is 1.11 bits per heavy atom. The molecule has 1 aromatic heterocycles. The first-order valence-electron chi connectivity index (χ1n) is 9.24. The number of nitrogens with zero attached hydrogens (tertiary/aromatic N) is 3. The number of halogens is 1. The van der Waals surface area contributed by atoms with Crippen LogP contribution in [0.1, 0.15) is 26.7 Å². The van der Waals surface area contributed by atoms with E-state index in [1.165, 1.54) is 17.8 Å². The minimum Gasteiger partial charge on any atom is -0.465 e. The summed E-state index contributed by atoms with van der Waals surface area (Å²) >= 11 is 1.30. The molecule has 0 spiro atoms. The van der Waals surface area contributed by atoms with Gasteiger partial charge in [0, 0.05) is 5.69 Å². The number of hydrogen-bond donors (Lipinski definition) is 0. The van der Waals surface area contributed by atoms with E-state index >= 15 is 0 Å². The first kappa shape index (κ1) is 20.1. The Morgan fingerprint density at radius 3 is 2.50 bits per heavy atom. The van der Waals surface area contributed by atoms with Gasteiger partial charge in [0.1, 0.15) is 11.1 Å². The molecule has 3 aromatic rings. The minimum absolute atomic E-state index is 0.274. The summed E-state index contributed by atoms with van der Waals surface area (Å²) in [6, 6.07) is 15.9. The van der Waals surface area contributed by atoms with Gasteiger partial charge in [0.2, 0.25) is 0 Å². The molecule has 0 saturated heterocycles. The molecule has 28 heavy (non-hydrogen) atoms. The number of rotatable bonds is 8. The summed E-state index contributed by atoms with van der Waals surface area (Å²) in [6.45, 7) is 4.12. The Balaban J connectivity index is 2.07. The van der Waals surface area contributed by atoms with Gasteiger partial charge in [0.25, 0.3) is 0 Å². The second kappa shape index (κ2) is 9.50. The Bertz CT molecular complexity index is 930. The van der Waals surface area contributed by atoms with Gasteiger partial charge in [-0.1, -0.05) is 55.4 Å². The highest BCUT2D eigenvalue weighted by molar-refractivity contribution is 8.00. The second-order valence-corrected chi connectivity index (χ2v) is 7.27. The molecule has 0 aliphatic carbocycles. The molecule has 7 heteroatoms. The molecule has 5 nitrogen and oxygen atoms in total. The fourth-order valence-corrected chi connectivity index (χ4v) is 3.98. The van der Waals surface area contributed by atoms with Crippen molar-refractivity contribution < 1.29 is 13.9 Å². The predicted molar refractivity (Wildman–Crippen MR) is 108 cm³/mol. The number of hydrogen-bond acceptors (Lipinski definition) is 5. The third kappa shape index (κ3) is 4.42. The third-order valence-corrected chi connectivity index (χ3v) is 5.30. The van der Waals surface area contributed by atoms with Gasteiger partial charge in [0.05, 0.1) is 12.2 Å². The Morgan fingerprint density at radius 2 is 1.82 bits per heavy atom. The van der Waals surface area contributed by atoms with Crippen molar-refractivity contribution in [1.29, 1.82) is 0 Å². The van der Waals surface area contributed by atoms with Gasteiger partial charge in [-0.05, 0) is 37.6 Å². The quantitative estimate of drug-likeness (QED) is 0.398. The number of carbonyl (C=O) groups is 1. The molecule has 1 unspecified atom stereocenters. The van der Waals surface area contributed by atoms with Crippen LogP contribution in [0.2, 0.25) is 0 Å². The van der Waals surface area contributed by atoms with Crippen LogP contribution in [0.5, 0.6) is 0 Å². The van der Waals surface area contributed by atoms with Crippen LogP contribution in [-0.4, -0.2) is 32.6 Å². The summed E-state index contributed by atoms with van der Waals surface area (Å²) in [5, 5.41) is 8.64. The van der Waals surface area contributed by atoms with E-state index in [1.807, 2.05) is 37.3 Å².